The first-order chi connectivity index (χ1) is 11.7. The molecule has 1 amide bonds. The van der Waals surface area contributed by atoms with Crippen LogP contribution in [0.25, 0.3) is 11.1 Å². The molecular formula is C16H18N4O4. The number of carbonyl (C=O) groups excluding carboxylic acids is 1. The number of H-pyrrole nitrogens is 1. The van der Waals surface area contributed by atoms with E-state index in [4.69, 9.17) is 19.9 Å². The van der Waals surface area contributed by atoms with Gasteiger partial charge in [-0.3, -0.25) is 9.89 Å². The Balaban J connectivity index is 1.52. The van der Waals surface area contributed by atoms with Crippen LogP contribution >= 0.6 is 0 Å². The number of amides is 1. The second-order valence-corrected chi connectivity index (χ2v) is 5.78. The second-order valence-electron chi connectivity index (χ2n) is 5.78. The van der Waals surface area contributed by atoms with Gasteiger partial charge in [0, 0.05) is 12.1 Å². The Morgan fingerprint density at radius 2 is 2.21 bits per heavy atom. The molecule has 8 heteroatoms. The predicted molar refractivity (Wildman–Crippen MR) is 85.7 cm³/mol. The van der Waals surface area contributed by atoms with Crippen molar-refractivity contribution >= 4 is 11.7 Å². The highest BCUT2D eigenvalue weighted by Crippen LogP contribution is 2.37. The first kappa shape index (κ1) is 15.0. The van der Waals surface area contributed by atoms with Crippen LogP contribution in [-0.4, -0.2) is 41.7 Å². The Morgan fingerprint density at radius 3 is 3.04 bits per heavy atom. The lowest BCUT2D eigenvalue weighted by Gasteiger charge is -2.12. The zero-order chi connectivity index (χ0) is 16.5. The standard InChI is InChI=1S/C16H18N4O4/c17-6-10-2-4-13(24-10)16(21)19-15-11(7-18-20-15)9-1-3-12-14(5-9)23-8-22-12/h1,3,5,7,10,13H,2,4,6,8,17H2,(H2,18,19,20,21)/t10-,13+/m1/s1. The summed E-state index contributed by atoms with van der Waals surface area (Å²) in [5.41, 5.74) is 7.23. The van der Waals surface area contributed by atoms with E-state index in [0.29, 0.717) is 30.3 Å². The van der Waals surface area contributed by atoms with Crippen LogP contribution < -0.4 is 20.5 Å². The zero-order valence-corrected chi connectivity index (χ0v) is 13.0. The van der Waals surface area contributed by atoms with Crippen molar-refractivity contribution in [3.63, 3.8) is 0 Å². The fourth-order valence-electron chi connectivity index (χ4n) is 2.94. The molecule has 0 saturated carbocycles. The summed E-state index contributed by atoms with van der Waals surface area (Å²) in [5.74, 6) is 1.71. The maximum atomic E-state index is 12.4. The van der Waals surface area contributed by atoms with Gasteiger partial charge < -0.3 is 25.3 Å². The molecule has 4 N–H and O–H groups in total. The van der Waals surface area contributed by atoms with Crippen LogP contribution in [-0.2, 0) is 9.53 Å². The molecule has 1 fully saturated rings. The van der Waals surface area contributed by atoms with Gasteiger partial charge in [-0.15, -0.1) is 0 Å². The van der Waals surface area contributed by atoms with Crippen molar-refractivity contribution < 1.29 is 19.0 Å². The van der Waals surface area contributed by atoms with Gasteiger partial charge in [0.25, 0.3) is 5.91 Å². The molecule has 0 radical (unpaired) electrons. The highest BCUT2D eigenvalue weighted by atomic mass is 16.7. The third kappa shape index (κ3) is 2.70. The van der Waals surface area contributed by atoms with Crippen molar-refractivity contribution in [1.82, 2.24) is 10.2 Å². The van der Waals surface area contributed by atoms with E-state index >= 15 is 0 Å². The van der Waals surface area contributed by atoms with Crippen molar-refractivity contribution in [3.05, 3.63) is 24.4 Å². The molecule has 0 spiro atoms. The minimum atomic E-state index is -0.480. The normalized spacial score (nSPS) is 21.9. The van der Waals surface area contributed by atoms with Crippen LogP contribution in [0.4, 0.5) is 5.82 Å². The minimum Gasteiger partial charge on any atom is -0.454 e. The number of ether oxygens (including phenoxy) is 3. The lowest BCUT2D eigenvalue weighted by molar-refractivity contribution is -0.126. The number of fused-ring (bicyclic) bond motifs is 1. The molecule has 0 unspecified atom stereocenters. The number of hydrogen-bond acceptors (Lipinski definition) is 6. The lowest BCUT2D eigenvalue weighted by Crippen LogP contribution is -2.30. The summed E-state index contributed by atoms with van der Waals surface area (Å²) in [6, 6.07) is 5.59. The third-order valence-corrected chi connectivity index (χ3v) is 4.23. The Hall–Kier alpha value is -2.58. The molecule has 24 heavy (non-hydrogen) atoms. The Kier molecular flexibility index (Phi) is 3.83. The van der Waals surface area contributed by atoms with Gasteiger partial charge in [0.05, 0.1) is 12.3 Å². The fourth-order valence-corrected chi connectivity index (χ4v) is 2.94. The van der Waals surface area contributed by atoms with E-state index in [1.165, 1.54) is 0 Å². The first-order valence-corrected chi connectivity index (χ1v) is 7.84. The smallest absolute Gasteiger partial charge is 0.254 e. The summed E-state index contributed by atoms with van der Waals surface area (Å²) in [6.07, 6.45) is 2.60. The van der Waals surface area contributed by atoms with E-state index in [-0.39, 0.29) is 18.8 Å². The second kappa shape index (κ2) is 6.14. The van der Waals surface area contributed by atoms with Crippen molar-refractivity contribution in [2.75, 3.05) is 18.7 Å². The lowest BCUT2D eigenvalue weighted by atomic mass is 10.1. The topological polar surface area (TPSA) is 111 Å². The molecule has 3 heterocycles. The number of hydrogen-bond donors (Lipinski definition) is 3. The molecule has 126 valence electrons. The van der Waals surface area contributed by atoms with Crippen LogP contribution in [0.3, 0.4) is 0 Å². The molecular weight excluding hydrogens is 312 g/mol. The maximum absolute atomic E-state index is 12.4. The highest BCUT2D eigenvalue weighted by Gasteiger charge is 2.30. The molecule has 2 aliphatic rings. The molecule has 2 aromatic rings. The van der Waals surface area contributed by atoms with E-state index in [1.54, 1.807) is 6.20 Å². The van der Waals surface area contributed by atoms with Gasteiger partial charge in [-0.05, 0) is 30.5 Å². The largest absolute Gasteiger partial charge is 0.454 e. The van der Waals surface area contributed by atoms with Gasteiger partial charge in [-0.1, -0.05) is 6.07 Å². The van der Waals surface area contributed by atoms with Crippen LogP contribution in [0.5, 0.6) is 11.5 Å². The molecule has 8 nitrogen and oxygen atoms in total. The van der Waals surface area contributed by atoms with Crippen molar-refractivity contribution in [2.45, 2.75) is 25.0 Å². The van der Waals surface area contributed by atoms with Gasteiger partial charge in [0.2, 0.25) is 6.79 Å². The summed E-state index contributed by atoms with van der Waals surface area (Å²) in [7, 11) is 0. The molecule has 4 rings (SSSR count). The zero-order valence-electron chi connectivity index (χ0n) is 13.0. The van der Waals surface area contributed by atoms with Crippen molar-refractivity contribution in [1.29, 1.82) is 0 Å². The summed E-state index contributed by atoms with van der Waals surface area (Å²) in [6.45, 7) is 0.644. The average Bonchev–Trinajstić information content (AvgIpc) is 3.33. The number of aromatic amines is 1. The number of rotatable bonds is 4. The number of nitrogens with two attached hydrogens (primary N) is 1. The molecule has 1 aromatic heterocycles. The third-order valence-electron chi connectivity index (χ3n) is 4.23. The van der Waals surface area contributed by atoms with Crippen LogP contribution in [0.15, 0.2) is 24.4 Å². The highest BCUT2D eigenvalue weighted by molar-refractivity contribution is 5.97. The number of nitrogens with one attached hydrogen (secondary N) is 2. The molecule has 1 aromatic carbocycles. The number of aromatic nitrogens is 2. The maximum Gasteiger partial charge on any atom is 0.254 e. The number of anilines is 1. The molecule has 1 saturated heterocycles. The molecule has 0 aliphatic carbocycles. The molecule has 0 bridgehead atoms. The van der Waals surface area contributed by atoms with Crippen LogP contribution in [0.1, 0.15) is 12.8 Å². The van der Waals surface area contributed by atoms with Gasteiger partial charge in [-0.2, -0.15) is 5.10 Å². The summed E-state index contributed by atoms with van der Waals surface area (Å²) in [4.78, 5) is 12.4. The summed E-state index contributed by atoms with van der Waals surface area (Å²) >= 11 is 0. The van der Waals surface area contributed by atoms with Crippen LogP contribution in [0.2, 0.25) is 0 Å². The van der Waals surface area contributed by atoms with E-state index in [1.807, 2.05) is 18.2 Å². The quantitative estimate of drug-likeness (QED) is 0.778. The van der Waals surface area contributed by atoms with E-state index in [2.05, 4.69) is 15.5 Å². The first-order valence-electron chi connectivity index (χ1n) is 7.84. The van der Waals surface area contributed by atoms with E-state index < -0.39 is 6.10 Å². The molecule has 2 aliphatic heterocycles. The summed E-state index contributed by atoms with van der Waals surface area (Å²) in [5, 5.41) is 9.70. The number of carbonyl (C=O) groups is 1. The van der Waals surface area contributed by atoms with Gasteiger partial charge in [0.1, 0.15) is 11.9 Å². The van der Waals surface area contributed by atoms with E-state index in [0.717, 1.165) is 17.5 Å². The SMILES string of the molecule is NC[C@H]1CC[C@@H](C(=O)Nc2[nH]ncc2-c2ccc3c(c2)OCO3)O1. The Labute approximate surface area is 138 Å². The van der Waals surface area contributed by atoms with E-state index in [9.17, 15) is 4.79 Å². The summed E-state index contributed by atoms with van der Waals surface area (Å²) < 4.78 is 16.3. The van der Waals surface area contributed by atoms with Crippen molar-refractivity contribution in [2.24, 2.45) is 5.73 Å². The molecule has 2 atom stereocenters. The van der Waals surface area contributed by atoms with Gasteiger partial charge in [0.15, 0.2) is 11.5 Å². The average molecular weight is 330 g/mol. The number of nitrogens with zero attached hydrogens (tertiary/aromatic N) is 1. The fraction of sp³-hybridized carbons (Fsp3) is 0.375. The number of benzene rings is 1. The Morgan fingerprint density at radius 1 is 1.33 bits per heavy atom. The monoisotopic (exact) mass is 330 g/mol. The Bertz CT molecular complexity index is 760. The van der Waals surface area contributed by atoms with Gasteiger partial charge in [-0.25, -0.2) is 0 Å². The van der Waals surface area contributed by atoms with Crippen molar-refractivity contribution in [3.8, 4) is 22.6 Å². The van der Waals surface area contributed by atoms with Crippen LogP contribution in [0, 0.1) is 0 Å². The minimum absolute atomic E-state index is 0.0455. The predicted octanol–water partition coefficient (Wildman–Crippen LogP) is 1.25. The van der Waals surface area contributed by atoms with Gasteiger partial charge >= 0.3 is 0 Å².